The lowest BCUT2D eigenvalue weighted by Crippen LogP contribution is -2.35. The second-order valence-corrected chi connectivity index (χ2v) is 5.06. The molecule has 17 heavy (non-hydrogen) atoms. The molecule has 1 aromatic heterocycles. The lowest BCUT2D eigenvalue weighted by atomic mass is 9.95. The molecular formula is C12H13N3O2. The number of fused-ring (bicyclic) bond motifs is 2. The highest BCUT2D eigenvalue weighted by molar-refractivity contribution is 5.22. The molecule has 5 heteroatoms. The molecule has 88 valence electrons. The highest BCUT2D eigenvalue weighted by Crippen LogP contribution is 2.50. The fourth-order valence-corrected chi connectivity index (χ4v) is 3.36. The third-order valence-electron chi connectivity index (χ3n) is 4.15. The summed E-state index contributed by atoms with van der Waals surface area (Å²) >= 11 is 0. The number of nitrogens with zero attached hydrogens (tertiary/aromatic N) is 2. The van der Waals surface area contributed by atoms with E-state index in [0.29, 0.717) is 5.92 Å². The highest BCUT2D eigenvalue weighted by atomic mass is 16.2. The van der Waals surface area contributed by atoms with Gasteiger partial charge in [0.25, 0.3) is 5.56 Å². The van der Waals surface area contributed by atoms with Gasteiger partial charge in [-0.2, -0.15) is 5.26 Å². The van der Waals surface area contributed by atoms with E-state index in [4.69, 9.17) is 5.26 Å². The summed E-state index contributed by atoms with van der Waals surface area (Å²) in [7, 11) is 0. The van der Waals surface area contributed by atoms with Gasteiger partial charge < -0.3 is 0 Å². The van der Waals surface area contributed by atoms with Gasteiger partial charge in [0, 0.05) is 12.2 Å². The predicted molar refractivity (Wildman–Crippen MR) is 60.5 cm³/mol. The number of hydrogen-bond acceptors (Lipinski definition) is 3. The molecule has 0 saturated heterocycles. The second-order valence-electron chi connectivity index (χ2n) is 5.06. The van der Waals surface area contributed by atoms with Crippen LogP contribution in [0.4, 0.5) is 0 Å². The number of hydrogen-bond donors (Lipinski definition) is 1. The minimum atomic E-state index is -0.586. The zero-order valence-corrected chi connectivity index (χ0v) is 9.35. The van der Waals surface area contributed by atoms with Gasteiger partial charge in [0.15, 0.2) is 0 Å². The van der Waals surface area contributed by atoms with E-state index in [2.05, 4.69) is 4.98 Å². The van der Waals surface area contributed by atoms with E-state index >= 15 is 0 Å². The van der Waals surface area contributed by atoms with Crippen molar-refractivity contribution in [3.05, 3.63) is 32.6 Å². The van der Waals surface area contributed by atoms with Crippen molar-refractivity contribution in [3.63, 3.8) is 0 Å². The van der Waals surface area contributed by atoms with E-state index in [9.17, 15) is 9.59 Å². The quantitative estimate of drug-likeness (QED) is 0.775. The van der Waals surface area contributed by atoms with Crippen molar-refractivity contribution in [2.75, 3.05) is 0 Å². The number of nitriles is 1. The second kappa shape index (κ2) is 3.59. The SMILES string of the molecule is N#Cc1cn(C2CC3CCC2C3)c(=O)[nH]c1=O. The number of nitrogens with one attached hydrogen (secondary N) is 1. The molecular weight excluding hydrogens is 218 g/mol. The van der Waals surface area contributed by atoms with Crippen LogP contribution in [0.1, 0.15) is 37.3 Å². The van der Waals surface area contributed by atoms with Crippen molar-refractivity contribution in [1.29, 1.82) is 5.26 Å². The Labute approximate surface area is 97.7 Å². The fourth-order valence-electron chi connectivity index (χ4n) is 3.36. The molecule has 2 aliphatic rings. The summed E-state index contributed by atoms with van der Waals surface area (Å²) in [6.45, 7) is 0. The number of aromatic amines is 1. The van der Waals surface area contributed by atoms with Crippen LogP contribution in [0.3, 0.4) is 0 Å². The van der Waals surface area contributed by atoms with Gasteiger partial charge in [0.1, 0.15) is 11.6 Å². The maximum Gasteiger partial charge on any atom is 0.328 e. The van der Waals surface area contributed by atoms with Crippen LogP contribution in [0, 0.1) is 23.2 Å². The van der Waals surface area contributed by atoms with Crippen LogP contribution in [-0.2, 0) is 0 Å². The van der Waals surface area contributed by atoms with E-state index in [1.165, 1.54) is 19.0 Å². The zero-order chi connectivity index (χ0) is 12.0. The largest absolute Gasteiger partial charge is 0.328 e. The molecule has 5 nitrogen and oxygen atoms in total. The summed E-state index contributed by atoms with van der Waals surface area (Å²) in [6, 6.07) is 2.00. The molecule has 3 atom stereocenters. The first kappa shape index (κ1) is 10.3. The predicted octanol–water partition coefficient (Wildman–Crippen LogP) is 0.769. The van der Waals surface area contributed by atoms with E-state index in [0.717, 1.165) is 18.8 Å². The third kappa shape index (κ3) is 1.52. The van der Waals surface area contributed by atoms with E-state index in [1.807, 2.05) is 6.07 Å². The van der Waals surface area contributed by atoms with Gasteiger partial charge in [0.2, 0.25) is 0 Å². The number of aromatic nitrogens is 2. The smallest absolute Gasteiger partial charge is 0.296 e. The maximum atomic E-state index is 11.8. The van der Waals surface area contributed by atoms with Crippen LogP contribution in [0.5, 0.6) is 0 Å². The average molecular weight is 231 g/mol. The van der Waals surface area contributed by atoms with Crippen molar-refractivity contribution in [3.8, 4) is 6.07 Å². The van der Waals surface area contributed by atoms with Crippen LogP contribution in [0.2, 0.25) is 0 Å². The summed E-state index contributed by atoms with van der Waals surface area (Å²) in [5, 5.41) is 8.82. The minimum Gasteiger partial charge on any atom is -0.296 e. The molecule has 2 fully saturated rings. The minimum absolute atomic E-state index is 0.0207. The Kier molecular flexibility index (Phi) is 2.18. The van der Waals surface area contributed by atoms with Crippen molar-refractivity contribution in [2.45, 2.75) is 31.7 Å². The Balaban J connectivity index is 2.07. The first-order valence-electron chi connectivity index (χ1n) is 5.94. The van der Waals surface area contributed by atoms with E-state index in [-0.39, 0.29) is 17.3 Å². The fraction of sp³-hybridized carbons (Fsp3) is 0.583. The lowest BCUT2D eigenvalue weighted by molar-refractivity contribution is 0.319. The highest BCUT2D eigenvalue weighted by Gasteiger charge is 2.40. The Bertz CT molecular complexity index is 607. The Morgan fingerprint density at radius 2 is 2.18 bits per heavy atom. The summed E-state index contributed by atoms with van der Waals surface area (Å²) in [5.41, 5.74) is -0.948. The summed E-state index contributed by atoms with van der Waals surface area (Å²) in [6.07, 6.45) is 6.01. The summed E-state index contributed by atoms with van der Waals surface area (Å²) in [4.78, 5) is 25.3. The normalized spacial score (nSPS) is 30.4. The third-order valence-corrected chi connectivity index (χ3v) is 4.15. The Hall–Kier alpha value is -1.83. The van der Waals surface area contributed by atoms with Crippen molar-refractivity contribution >= 4 is 0 Å². The number of H-pyrrole nitrogens is 1. The topological polar surface area (TPSA) is 78.7 Å². The number of rotatable bonds is 1. The monoisotopic (exact) mass is 231 g/mol. The average Bonchev–Trinajstić information content (AvgIpc) is 2.91. The van der Waals surface area contributed by atoms with Crippen LogP contribution >= 0.6 is 0 Å². The van der Waals surface area contributed by atoms with Gasteiger partial charge in [0.05, 0.1) is 0 Å². The summed E-state index contributed by atoms with van der Waals surface area (Å²) in [5.74, 6) is 1.25. The van der Waals surface area contributed by atoms with Crippen LogP contribution in [0.25, 0.3) is 0 Å². The molecule has 0 amide bonds. The molecule has 0 radical (unpaired) electrons. The van der Waals surface area contributed by atoms with Gasteiger partial charge >= 0.3 is 5.69 Å². The summed E-state index contributed by atoms with van der Waals surface area (Å²) < 4.78 is 1.56. The molecule has 3 unspecified atom stereocenters. The molecule has 0 aromatic carbocycles. The van der Waals surface area contributed by atoms with Gasteiger partial charge in [-0.25, -0.2) is 4.79 Å². The Morgan fingerprint density at radius 1 is 1.35 bits per heavy atom. The Morgan fingerprint density at radius 3 is 2.76 bits per heavy atom. The van der Waals surface area contributed by atoms with Crippen molar-refractivity contribution in [2.24, 2.45) is 11.8 Å². The van der Waals surface area contributed by atoms with Gasteiger partial charge in [-0.1, -0.05) is 6.42 Å². The standard InChI is InChI=1S/C12H13N3O2/c13-5-9-6-15(12(17)14-11(9)16)10-4-7-1-2-8(10)3-7/h6-8,10H,1-4H2,(H,14,16,17). The molecule has 2 saturated carbocycles. The van der Waals surface area contributed by atoms with Gasteiger partial charge in [-0.05, 0) is 31.1 Å². The molecule has 1 N–H and O–H groups in total. The van der Waals surface area contributed by atoms with Crippen LogP contribution in [-0.4, -0.2) is 9.55 Å². The van der Waals surface area contributed by atoms with E-state index < -0.39 is 5.56 Å². The molecule has 3 rings (SSSR count). The molecule has 1 aromatic rings. The van der Waals surface area contributed by atoms with Gasteiger partial charge in [-0.3, -0.25) is 14.3 Å². The van der Waals surface area contributed by atoms with Crippen molar-refractivity contribution in [1.82, 2.24) is 9.55 Å². The maximum absolute atomic E-state index is 11.8. The molecule has 2 aliphatic carbocycles. The van der Waals surface area contributed by atoms with Gasteiger partial charge in [-0.15, -0.1) is 0 Å². The molecule has 0 aliphatic heterocycles. The lowest BCUT2D eigenvalue weighted by Gasteiger charge is -2.23. The van der Waals surface area contributed by atoms with Crippen molar-refractivity contribution < 1.29 is 0 Å². The van der Waals surface area contributed by atoms with Crippen LogP contribution in [0.15, 0.2) is 15.8 Å². The van der Waals surface area contributed by atoms with E-state index in [1.54, 1.807) is 4.57 Å². The molecule has 0 spiro atoms. The first-order valence-corrected chi connectivity index (χ1v) is 5.94. The zero-order valence-electron chi connectivity index (χ0n) is 9.35. The molecule has 1 heterocycles. The van der Waals surface area contributed by atoms with Crippen LogP contribution < -0.4 is 11.2 Å². The first-order chi connectivity index (χ1) is 8.19. The molecule has 2 bridgehead atoms.